The number of fused-ring (bicyclic) bond motifs is 1. The predicted molar refractivity (Wildman–Crippen MR) is 136 cm³/mol. The lowest BCUT2D eigenvalue weighted by Crippen LogP contribution is -2.12. The van der Waals surface area contributed by atoms with Gasteiger partial charge in [0.15, 0.2) is 10.8 Å². The van der Waals surface area contributed by atoms with Gasteiger partial charge in [0.05, 0.1) is 17.0 Å². The Morgan fingerprint density at radius 3 is 2.71 bits per heavy atom. The van der Waals surface area contributed by atoms with Crippen molar-refractivity contribution in [1.29, 1.82) is 0 Å². The molecule has 0 bridgehead atoms. The van der Waals surface area contributed by atoms with Crippen LogP contribution >= 0.6 is 11.3 Å². The molecule has 4 aromatic heterocycles. The Labute approximate surface area is 202 Å². The Balaban J connectivity index is 1.33. The van der Waals surface area contributed by atoms with Crippen molar-refractivity contribution >= 4 is 33.4 Å². The highest BCUT2D eigenvalue weighted by atomic mass is 32.1. The highest BCUT2D eigenvalue weighted by Crippen LogP contribution is 2.30. The first kappa shape index (κ1) is 22.0. The number of benzene rings is 1. The van der Waals surface area contributed by atoms with E-state index in [0.717, 1.165) is 41.0 Å². The number of aromatic nitrogens is 5. The summed E-state index contributed by atoms with van der Waals surface area (Å²) >= 11 is 1.42. The van der Waals surface area contributed by atoms with Gasteiger partial charge >= 0.3 is 0 Å². The van der Waals surface area contributed by atoms with E-state index in [9.17, 15) is 4.79 Å². The van der Waals surface area contributed by atoms with Crippen molar-refractivity contribution in [3.63, 3.8) is 0 Å². The molecule has 0 saturated carbocycles. The van der Waals surface area contributed by atoms with Crippen LogP contribution in [0.1, 0.15) is 33.0 Å². The molecule has 0 aliphatic carbocycles. The van der Waals surface area contributed by atoms with E-state index < -0.39 is 0 Å². The Morgan fingerprint density at radius 1 is 1.12 bits per heavy atom. The molecule has 7 nitrogen and oxygen atoms in total. The average molecular weight is 471 g/mol. The molecule has 4 heterocycles. The van der Waals surface area contributed by atoms with Gasteiger partial charge in [-0.15, -0.1) is 11.3 Å². The molecule has 5 aromatic rings. The van der Waals surface area contributed by atoms with Gasteiger partial charge in [-0.1, -0.05) is 30.3 Å². The van der Waals surface area contributed by atoms with Crippen LogP contribution in [0.4, 0.5) is 5.13 Å². The molecule has 0 spiro atoms. The number of nitrogens with one attached hydrogen (secondary N) is 1. The summed E-state index contributed by atoms with van der Waals surface area (Å²) in [6.45, 7) is 7.08. The van der Waals surface area contributed by atoms with Crippen molar-refractivity contribution in [2.24, 2.45) is 7.05 Å². The van der Waals surface area contributed by atoms with Crippen molar-refractivity contribution in [2.75, 3.05) is 5.32 Å². The zero-order valence-electron chi connectivity index (χ0n) is 19.7. The van der Waals surface area contributed by atoms with Crippen molar-refractivity contribution in [2.45, 2.75) is 33.7 Å². The molecule has 1 aromatic carbocycles. The first-order valence-electron chi connectivity index (χ1n) is 11.2. The topological polar surface area (TPSA) is 77.6 Å². The second-order valence-electron chi connectivity index (χ2n) is 8.47. The lowest BCUT2D eigenvalue weighted by molar-refractivity contribution is 0.102. The van der Waals surface area contributed by atoms with E-state index >= 15 is 0 Å². The smallest absolute Gasteiger partial charge is 0.259 e. The first-order valence-corrected chi connectivity index (χ1v) is 12.1. The van der Waals surface area contributed by atoms with Crippen LogP contribution in [0, 0.1) is 20.8 Å². The average Bonchev–Trinajstić information content (AvgIpc) is 3.49. The van der Waals surface area contributed by atoms with Crippen molar-refractivity contribution in [3.8, 4) is 11.3 Å². The van der Waals surface area contributed by atoms with E-state index in [4.69, 9.17) is 4.98 Å². The summed E-state index contributed by atoms with van der Waals surface area (Å²) in [4.78, 5) is 22.0. The third-order valence-corrected chi connectivity index (χ3v) is 6.92. The Hall–Kier alpha value is -3.78. The lowest BCUT2D eigenvalue weighted by atomic mass is 10.1. The normalized spacial score (nSPS) is 11.3. The van der Waals surface area contributed by atoms with E-state index in [1.54, 1.807) is 10.9 Å². The number of nitrogens with zero attached hydrogens (tertiary/aromatic N) is 5. The quantitative estimate of drug-likeness (QED) is 0.365. The van der Waals surface area contributed by atoms with Crippen LogP contribution in [0.2, 0.25) is 0 Å². The molecule has 8 heteroatoms. The first-order chi connectivity index (χ1) is 16.4. The molecule has 34 heavy (non-hydrogen) atoms. The maximum absolute atomic E-state index is 12.9. The number of thiazole rings is 1. The number of aryl methyl sites for hydroxylation is 4. The monoisotopic (exact) mass is 470 g/mol. The summed E-state index contributed by atoms with van der Waals surface area (Å²) in [6.07, 6.45) is 2.55. The summed E-state index contributed by atoms with van der Waals surface area (Å²) in [5.74, 6) is -0.230. The van der Waals surface area contributed by atoms with Crippen molar-refractivity contribution in [3.05, 3.63) is 82.3 Å². The zero-order chi connectivity index (χ0) is 23.8. The predicted octanol–water partition coefficient (Wildman–Crippen LogP) is 5.31. The number of hydrogen-bond acceptors (Lipinski definition) is 5. The van der Waals surface area contributed by atoms with Gasteiger partial charge in [-0.05, 0) is 44.9 Å². The minimum Gasteiger partial charge on any atom is -0.348 e. The van der Waals surface area contributed by atoms with Gasteiger partial charge in [-0.2, -0.15) is 5.10 Å². The van der Waals surface area contributed by atoms with Gasteiger partial charge in [0, 0.05) is 47.5 Å². The summed E-state index contributed by atoms with van der Waals surface area (Å²) in [5, 5.41) is 10.7. The SMILES string of the molecule is Cc1nn(C)c2ncc(C(=O)Nc3nc(-c4cc(C)n(CCc5ccccc5)c4C)cs3)cc12. The molecule has 1 amide bonds. The third-order valence-electron chi connectivity index (χ3n) is 6.17. The van der Waals surface area contributed by atoms with Gasteiger partial charge in [0.1, 0.15) is 0 Å². The fraction of sp³-hybridized carbons (Fsp3) is 0.231. The highest BCUT2D eigenvalue weighted by molar-refractivity contribution is 7.14. The molecule has 172 valence electrons. The van der Waals surface area contributed by atoms with Crippen LogP contribution in [0.15, 0.2) is 54.0 Å². The number of pyridine rings is 1. The van der Waals surface area contributed by atoms with Crippen LogP contribution < -0.4 is 5.32 Å². The molecule has 1 N–H and O–H groups in total. The van der Waals surface area contributed by atoms with Crippen LogP contribution in [0.3, 0.4) is 0 Å². The van der Waals surface area contributed by atoms with E-state index in [0.29, 0.717) is 10.7 Å². The Morgan fingerprint density at radius 2 is 1.91 bits per heavy atom. The number of anilines is 1. The fourth-order valence-corrected chi connectivity index (χ4v) is 5.05. The second kappa shape index (κ2) is 8.87. The Bertz CT molecular complexity index is 1490. The van der Waals surface area contributed by atoms with Crippen LogP contribution in [-0.4, -0.2) is 30.2 Å². The molecule has 0 aliphatic heterocycles. The van der Waals surface area contributed by atoms with Gasteiger partial charge < -0.3 is 4.57 Å². The largest absolute Gasteiger partial charge is 0.348 e. The van der Waals surface area contributed by atoms with Gasteiger partial charge in [-0.25, -0.2) is 9.97 Å². The maximum atomic E-state index is 12.9. The molecule has 0 radical (unpaired) electrons. The second-order valence-corrected chi connectivity index (χ2v) is 9.33. The van der Waals surface area contributed by atoms with E-state index in [-0.39, 0.29) is 5.91 Å². The number of hydrogen-bond donors (Lipinski definition) is 1. The van der Waals surface area contributed by atoms with Gasteiger partial charge in [-0.3, -0.25) is 14.8 Å². The third kappa shape index (κ3) is 4.12. The number of rotatable bonds is 6. The fourth-order valence-electron chi connectivity index (χ4n) is 4.35. The standard InChI is InChI=1S/C26H26N6OS/c1-16-12-22(18(3)32(16)11-10-19-8-6-5-7-9-19)23-15-34-26(28-23)29-25(33)20-13-21-17(2)30-31(4)24(21)27-14-20/h5-9,12-15H,10-11H2,1-4H3,(H,28,29,33). The van der Waals surface area contributed by atoms with E-state index in [1.807, 2.05) is 31.5 Å². The minimum atomic E-state index is -0.230. The minimum absolute atomic E-state index is 0.230. The van der Waals surface area contributed by atoms with E-state index in [2.05, 4.69) is 64.1 Å². The molecule has 0 fully saturated rings. The van der Waals surface area contributed by atoms with Crippen molar-refractivity contribution < 1.29 is 4.79 Å². The molecule has 0 saturated heterocycles. The van der Waals surface area contributed by atoms with Crippen LogP contribution in [0.25, 0.3) is 22.3 Å². The molecule has 0 unspecified atom stereocenters. The lowest BCUT2D eigenvalue weighted by Gasteiger charge is -2.09. The van der Waals surface area contributed by atoms with Gasteiger partial charge in [0.25, 0.3) is 5.91 Å². The van der Waals surface area contributed by atoms with Gasteiger partial charge in [0.2, 0.25) is 0 Å². The van der Waals surface area contributed by atoms with Crippen molar-refractivity contribution in [1.82, 2.24) is 24.3 Å². The summed E-state index contributed by atoms with van der Waals surface area (Å²) < 4.78 is 4.05. The summed E-state index contributed by atoms with van der Waals surface area (Å²) in [5.41, 5.74) is 7.76. The number of amides is 1. The molecular formula is C26H26N6OS. The number of carbonyl (C=O) groups excluding carboxylic acids is 1. The maximum Gasteiger partial charge on any atom is 0.259 e. The summed E-state index contributed by atoms with van der Waals surface area (Å²) in [6, 6.07) is 14.5. The van der Waals surface area contributed by atoms with E-state index in [1.165, 1.54) is 28.3 Å². The molecule has 0 atom stereocenters. The molecule has 5 rings (SSSR count). The molecule has 0 aliphatic rings. The molecular weight excluding hydrogens is 444 g/mol. The summed E-state index contributed by atoms with van der Waals surface area (Å²) in [7, 11) is 1.85. The van der Waals surface area contributed by atoms with Crippen LogP contribution in [0.5, 0.6) is 0 Å². The number of carbonyl (C=O) groups is 1. The van der Waals surface area contributed by atoms with Crippen LogP contribution in [-0.2, 0) is 20.0 Å². The highest BCUT2D eigenvalue weighted by Gasteiger charge is 2.16. The zero-order valence-corrected chi connectivity index (χ0v) is 20.5. The Kier molecular flexibility index (Phi) is 5.75.